The largest absolute Gasteiger partial charge is 0.350 e. The average molecular weight is 325 g/mol. The van der Waals surface area contributed by atoms with E-state index in [9.17, 15) is 4.79 Å². The molecule has 2 rings (SSSR count). The van der Waals surface area contributed by atoms with Gasteiger partial charge in [-0.2, -0.15) is 0 Å². The van der Waals surface area contributed by atoms with Crippen LogP contribution in [-0.4, -0.2) is 19.0 Å². The summed E-state index contributed by atoms with van der Waals surface area (Å²) in [6.07, 6.45) is 4.09. The summed E-state index contributed by atoms with van der Waals surface area (Å²) in [5, 5.41) is 6.52. The Morgan fingerprint density at radius 1 is 1.32 bits per heavy atom. The molecule has 0 radical (unpaired) electrons. The molecular formula is C18H29ClN2O. The Kier molecular flexibility index (Phi) is 7.91. The van der Waals surface area contributed by atoms with Crippen molar-refractivity contribution in [1.82, 2.24) is 10.6 Å². The minimum absolute atomic E-state index is 0. The molecule has 1 aromatic rings. The minimum Gasteiger partial charge on any atom is -0.350 e. The Balaban J connectivity index is 0.00000242. The quantitative estimate of drug-likeness (QED) is 0.867. The number of hydrogen-bond donors (Lipinski definition) is 2. The number of piperidine rings is 1. The molecule has 1 atom stereocenters. The van der Waals surface area contributed by atoms with E-state index in [0.29, 0.717) is 12.3 Å². The van der Waals surface area contributed by atoms with Crippen LogP contribution in [0.25, 0.3) is 0 Å². The number of aryl methyl sites for hydroxylation is 1. The SMILES string of the molecule is Cc1cccc(C(C)NC(=O)CCC2CCNCC2)c1C.Cl. The minimum atomic E-state index is 0. The predicted molar refractivity (Wildman–Crippen MR) is 94.5 cm³/mol. The van der Waals surface area contributed by atoms with Crippen molar-refractivity contribution in [2.24, 2.45) is 5.92 Å². The van der Waals surface area contributed by atoms with E-state index in [2.05, 4.69) is 49.6 Å². The van der Waals surface area contributed by atoms with E-state index in [1.165, 1.54) is 29.5 Å². The zero-order valence-corrected chi connectivity index (χ0v) is 14.8. The number of carbonyl (C=O) groups is 1. The van der Waals surface area contributed by atoms with E-state index >= 15 is 0 Å². The first kappa shape index (κ1) is 19.0. The first-order valence-electron chi connectivity index (χ1n) is 8.14. The normalized spacial score (nSPS) is 16.7. The lowest BCUT2D eigenvalue weighted by Crippen LogP contribution is -2.30. The zero-order chi connectivity index (χ0) is 15.2. The molecule has 1 aromatic carbocycles. The van der Waals surface area contributed by atoms with Crippen LogP contribution in [0.2, 0.25) is 0 Å². The molecule has 1 aliphatic rings. The van der Waals surface area contributed by atoms with Crippen molar-refractivity contribution in [3.05, 3.63) is 34.9 Å². The number of halogens is 1. The highest BCUT2D eigenvalue weighted by molar-refractivity contribution is 5.85. The lowest BCUT2D eigenvalue weighted by Gasteiger charge is -2.23. The van der Waals surface area contributed by atoms with Gasteiger partial charge in [-0.25, -0.2) is 0 Å². The Morgan fingerprint density at radius 3 is 2.68 bits per heavy atom. The highest BCUT2D eigenvalue weighted by atomic mass is 35.5. The summed E-state index contributed by atoms with van der Waals surface area (Å²) in [4.78, 5) is 12.1. The van der Waals surface area contributed by atoms with Crippen LogP contribution in [0.4, 0.5) is 0 Å². The molecule has 0 aliphatic carbocycles. The summed E-state index contributed by atoms with van der Waals surface area (Å²) in [5.41, 5.74) is 3.79. The van der Waals surface area contributed by atoms with Gasteiger partial charge in [-0.1, -0.05) is 18.2 Å². The molecule has 0 spiro atoms. The molecule has 1 saturated heterocycles. The molecule has 3 nitrogen and oxygen atoms in total. The number of hydrogen-bond acceptors (Lipinski definition) is 2. The van der Waals surface area contributed by atoms with Gasteiger partial charge in [0.2, 0.25) is 5.91 Å². The van der Waals surface area contributed by atoms with Crippen molar-refractivity contribution < 1.29 is 4.79 Å². The fourth-order valence-electron chi connectivity index (χ4n) is 3.14. The summed E-state index contributed by atoms with van der Waals surface area (Å²) in [7, 11) is 0. The molecule has 1 heterocycles. The van der Waals surface area contributed by atoms with Crippen LogP contribution in [-0.2, 0) is 4.79 Å². The van der Waals surface area contributed by atoms with Gasteiger partial charge in [0.1, 0.15) is 0 Å². The molecule has 22 heavy (non-hydrogen) atoms. The molecule has 1 amide bonds. The Labute approximate surface area is 140 Å². The van der Waals surface area contributed by atoms with Gasteiger partial charge in [0.25, 0.3) is 0 Å². The summed E-state index contributed by atoms with van der Waals surface area (Å²) in [6, 6.07) is 6.38. The highest BCUT2D eigenvalue weighted by Crippen LogP contribution is 2.21. The van der Waals surface area contributed by atoms with Crippen LogP contribution < -0.4 is 10.6 Å². The molecule has 0 aromatic heterocycles. The molecule has 124 valence electrons. The summed E-state index contributed by atoms with van der Waals surface area (Å²) >= 11 is 0. The summed E-state index contributed by atoms with van der Waals surface area (Å²) in [5.74, 6) is 0.898. The van der Waals surface area contributed by atoms with Gasteiger partial charge in [0.15, 0.2) is 0 Å². The Bertz CT molecular complexity index is 484. The van der Waals surface area contributed by atoms with Gasteiger partial charge in [0, 0.05) is 6.42 Å². The van der Waals surface area contributed by atoms with E-state index < -0.39 is 0 Å². The van der Waals surface area contributed by atoms with Crippen molar-refractivity contribution in [2.75, 3.05) is 13.1 Å². The zero-order valence-electron chi connectivity index (χ0n) is 13.9. The highest BCUT2D eigenvalue weighted by Gasteiger charge is 2.16. The maximum Gasteiger partial charge on any atom is 0.220 e. The first-order valence-corrected chi connectivity index (χ1v) is 8.14. The average Bonchev–Trinajstić information content (AvgIpc) is 2.49. The van der Waals surface area contributed by atoms with Crippen molar-refractivity contribution in [3.8, 4) is 0 Å². The molecule has 1 aliphatic heterocycles. The van der Waals surface area contributed by atoms with E-state index in [1.807, 2.05) is 0 Å². The second kappa shape index (κ2) is 9.16. The van der Waals surface area contributed by atoms with Crippen molar-refractivity contribution >= 4 is 18.3 Å². The number of benzene rings is 1. The maximum absolute atomic E-state index is 12.1. The Hall–Kier alpha value is -1.06. The van der Waals surface area contributed by atoms with Crippen LogP contribution in [0.3, 0.4) is 0 Å². The van der Waals surface area contributed by atoms with Gasteiger partial charge in [-0.15, -0.1) is 12.4 Å². The molecule has 0 bridgehead atoms. The van der Waals surface area contributed by atoms with Crippen LogP contribution >= 0.6 is 12.4 Å². The summed E-state index contributed by atoms with van der Waals surface area (Å²) < 4.78 is 0. The third-order valence-electron chi connectivity index (χ3n) is 4.73. The van der Waals surface area contributed by atoms with E-state index in [-0.39, 0.29) is 24.4 Å². The third kappa shape index (κ3) is 5.29. The van der Waals surface area contributed by atoms with Crippen LogP contribution in [0.5, 0.6) is 0 Å². The second-order valence-electron chi connectivity index (χ2n) is 6.31. The van der Waals surface area contributed by atoms with E-state index in [0.717, 1.165) is 19.5 Å². The fourth-order valence-corrected chi connectivity index (χ4v) is 3.14. The lowest BCUT2D eigenvalue weighted by molar-refractivity contribution is -0.122. The molecule has 1 fully saturated rings. The number of amides is 1. The first-order chi connectivity index (χ1) is 10.1. The van der Waals surface area contributed by atoms with Gasteiger partial charge < -0.3 is 10.6 Å². The summed E-state index contributed by atoms with van der Waals surface area (Å²) in [6.45, 7) is 8.52. The topological polar surface area (TPSA) is 41.1 Å². The molecule has 4 heteroatoms. The molecule has 2 N–H and O–H groups in total. The number of rotatable bonds is 5. The Morgan fingerprint density at radius 2 is 2.00 bits per heavy atom. The smallest absolute Gasteiger partial charge is 0.220 e. The molecule has 0 saturated carbocycles. The second-order valence-corrected chi connectivity index (χ2v) is 6.31. The van der Waals surface area contributed by atoms with Crippen LogP contribution in [0, 0.1) is 19.8 Å². The standard InChI is InChI=1S/C18H28N2O.ClH/c1-13-5-4-6-17(14(13)2)15(3)20-18(21)8-7-16-9-11-19-12-10-16;/h4-6,15-16,19H,7-12H2,1-3H3,(H,20,21);1H. The molecular weight excluding hydrogens is 296 g/mol. The molecule has 1 unspecified atom stereocenters. The van der Waals surface area contributed by atoms with Gasteiger partial charge in [-0.05, 0) is 75.7 Å². The van der Waals surface area contributed by atoms with E-state index in [4.69, 9.17) is 0 Å². The van der Waals surface area contributed by atoms with Crippen molar-refractivity contribution in [1.29, 1.82) is 0 Å². The predicted octanol–water partition coefficient (Wildman–Crippen LogP) is 3.68. The third-order valence-corrected chi connectivity index (χ3v) is 4.73. The lowest BCUT2D eigenvalue weighted by atomic mass is 9.93. The van der Waals surface area contributed by atoms with Gasteiger partial charge >= 0.3 is 0 Å². The fraction of sp³-hybridized carbons (Fsp3) is 0.611. The monoisotopic (exact) mass is 324 g/mol. The van der Waals surface area contributed by atoms with Gasteiger partial charge in [-0.3, -0.25) is 4.79 Å². The van der Waals surface area contributed by atoms with Gasteiger partial charge in [0.05, 0.1) is 6.04 Å². The number of carbonyl (C=O) groups excluding carboxylic acids is 1. The van der Waals surface area contributed by atoms with Crippen molar-refractivity contribution in [2.45, 2.75) is 52.5 Å². The van der Waals surface area contributed by atoms with Crippen molar-refractivity contribution in [3.63, 3.8) is 0 Å². The maximum atomic E-state index is 12.1. The van der Waals surface area contributed by atoms with Crippen LogP contribution in [0.1, 0.15) is 55.3 Å². The van der Waals surface area contributed by atoms with E-state index in [1.54, 1.807) is 0 Å². The van der Waals surface area contributed by atoms with Crippen LogP contribution in [0.15, 0.2) is 18.2 Å². The number of nitrogens with one attached hydrogen (secondary N) is 2.